The lowest BCUT2D eigenvalue weighted by Crippen LogP contribution is -2.51. The molecule has 4 rings (SSSR count). The number of carbonyl (C=O) groups excluding carboxylic acids is 1. The number of aromatic nitrogens is 1. The number of rotatable bonds is 7. The second-order valence-electron chi connectivity index (χ2n) is 7.26. The average molecular weight is 479 g/mol. The number of anilines is 1. The summed E-state index contributed by atoms with van der Waals surface area (Å²) in [7, 11) is -0.661. The highest BCUT2D eigenvalue weighted by atomic mass is 32.2. The van der Waals surface area contributed by atoms with Gasteiger partial charge in [-0.15, -0.1) is 11.3 Å². The van der Waals surface area contributed by atoms with Gasteiger partial charge in [-0.1, -0.05) is 30.0 Å². The Morgan fingerprint density at radius 3 is 2.77 bits per heavy atom. The van der Waals surface area contributed by atoms with E-state index in [-0.39, 0.29) is 9.46 Å². The molecule has 3 heterocycles. The van der Waals surface area contributed by atoms with Crippen molar-refractivity contribution < 1.29 is 17.9 Å². The number of H-pyrrole nitrogens is 1. The Morgan fingerprint density at radius 1 is 1.35 bits per heavy atom. The number of aromatic amines is 1. The van der Waals surface area contributed by atoms with Crippen molar-refractivity contribution in [3.05, 3.63) is 47.5 Å². The second-order valence-corrected chi connectivity index (χ2v) is 11.6. The van der Waals surface area contributed by atoms with E-state index in [2.05, 4.69) is 9.98 Å². The number of fused-ring (bicyclic) bond motifs is 1. The van der Waals surface area contributed by atoms with E-state index >= 15 is 0 Å². The molecule has 0 saturated heterocycles. The number of thioether (sulfide) groups is 1. The van der Waals surface area contributed by atoms with E-state index in [1.54, 1.807) is 37.6 Å². The summed E-state index contributed by atoms with van der Waals surface area (Å²) in [6.07, 6.45) is 0. The van der Waals surface area contributed by atoms with Crippen LogP contribution in [0.4, 0.5) is 5.69 Å². The maximum atomic E-state index is 13.0. The zero-order valence-corrected chi connectivity index (χ0v) is 19.6. The lowest BCUT2D eigenvalue weighted by molar-refractivity contribution is -0.137. The molecule has 3 N–H and O–H groups in total. The standard InChI is InChI=1S/C20H22N4O4S3/c1-20(28-3,19(21)25)15-11-22-18(30-15)13-10-12-6-4-7-14(17(12)23-13)24(2)31(26,27)16-8-5-9-29-16/h4-10,15,23H,11H2,1-3H3,(H2,21,25). The maximum absolute atomic E-state index is 13.0. The quantitative estimate of drug-likeness (QED) is 0.541. The molecule has 2 unspecified atom stereocenters. The fourth-order valence-corrected chi connectivity index (χ4v) is 7.00. The van der Waals surface area contributed by atoms with Crippen molar-refractivity contribution in [3.63, 3.8) is 0 Å². The molecular weight excluding hydrogens is 456 g/mol. The van der Waals surface area contributed by atoms with Gasteiger partial charge in [0.2, 0.25) is 0 Å². The van der Waals surface area contributed by atoms with Crippen LogP contribution in [-0.2, 0) is 19.6 Å². The zero-order valence-electron chi connectivity index (χ0n) is 17.2. The highest BCUT2D eigenvalue weighted by Gasteiger charge is 2.43. The third-order valence-corrected chi connectivity index (χ3v) is 10.1. The lowest BCUT2D eigenvalue weighted by Gasteiger charge is -2.29. The number of benzene rings is 1. The number of methoxy groups -OCH3 is 1. The number of para-hydroxylation sites is 1. The molecular formula is C20H22N4O4S3. The van der Waals surface area contributed by atoms with Crippen LogP contribution < -0.4 is 10.0 Å². The van der Waals surface area contributed by atoms with Crippen molar-refractivity contribution >= 4 is 60.7 Å². The fourth-order valence-electron chi connectivity index (χ4n) is 3.39. The van der Waals surface area contributed by atoms with E-state index in [9.17, 15) is 13.2 Å². The molecule has 0 saturated carbocycles. The number of nitrogens with two attached hydrogens (primary N) is 1. The van der Waals surface area contributed by atoms with E-state index in [0.29, 0.717) is 17.7 Å². The molecule has 1 aliphatic rings. The molecule has 0 fully saturated rings. The van der Waals surface area contributed by atoms with Gasteiger partial charge in [0, 0.05) is 19.5 Å². The summed E-state index contributed by atoms with van der Waals surface area (Å²) in [4.78, 5) is 19.8. The van der Waals surface area contributed by atoms with Gasteiger partial charge in [0.05, 0.1) is 28.7 Å². The molecule has 0 aliphatic carbocycles. The van der Waals surface area contributed by atoms with Gasteiger partial charge in [-0.05, 0) is 30.5 Å². The molecule has 1 amide bonds. The number of hydrogen-bond donors (Lipinski definition) is 2. The van der Waals surface area contributed by atoms with Gasteiger partial charge in [-0.25, -0.2) is 8.42 Å². The maximum Gasteiger partial charge on any atom is 0.273 e. The molecule has 11 heteroatoms. The third-order valence-electron chi connectivity index (χ3n) is 5.50. The summed E-state index contributed by atoms with van der Waals surface area (Å²) in [6.45, 7) is 2.06. The number of amides is 1. The van der Waals surface area contributed by atoms with Crippen LogP contribution in [-0.4, -0.2) is 55.9 Å². The van der Waals surface area contributed by atoms with Crippen LogP contribution in [0.3, 0.4) is 0 Å². The Morgan fingerprint density at radius 2 is 2.13 bits per heavy atom. The normalized spacial score (nSPS) is 18.7. The molecule has 164 valence electrons. The number of primary amides is 1. The Labute approximate surface area is 188 Å². The fraction of sp³-hybridized carbons (Fsp3) is 0.300. The number of aliphatic imine (C=N–C) groups is 1. The van der Waals surface area contributed by atoms with E-state index in [1.165, 1.54) is 34.5 Å². The lowest BCUT2D eigenvalue weighted by atomic mass is 10.0. The van der Waals surface area contributed by atoms with Crippen LogP contribution in [0.25, 0.3) is 10.9 Å². The van der Waals surface area contributed by atoms with Crippen LogP contribution in [0.2, 0.25) is 0 Å². The predicted molar refractivity (Wildman–Crippen MR) is 126 cm³/mol. The van der Waals surface area contributed by atoms with E-state index in [4.69, 9.17) is 10.5 Å². The molecule has 0 spiro atoms. The van der Waals surface area contributed by atoms with Gasteiger partial charge in [0.25, 0.3) is 15.9 Å². The van der Waals surface area contributed by atoms with Crippen molar-refractivity contribution in [1.29, 1.82) is 0 Å². The molecule has 2 atom stereocenters. The van der Waals surface area contributed by atoms with E-state index < -0.39 is 21.5 Å². The summed E-state index contributed by atoms with van der Waals surface area (Å²) in [6, 6.07) is 10.7. The Balaban J connectivity index is 1.67. The minimum Gasteiger partial charge on any atom is -0.367 e. The van der Waals surface area contributed by atoms with Crippen LogP contribution in [0.1, 0.15) is 12.6 Å². The first-order chi connectivity index (χ1) is 14.7. The minimum atomic E-state index is -3.66. The van der Waals surface area contributed by atoms with Crippen molar-refractivity contribution in [3.8, 4) is 0 Å². The number of carbonyl (C=O) groups is 1. The predicted octanol–water partition coefficient (Wildman–Crippen LogP) is 2.81. The second kappa shape index (κ2) is 7.97. The number of nitrogens with one attached hydrogen (secondary N) is 1. The molecule has 0 bridgehead atoms. The number of sulfonamides is 1. The first-order valence-corrected chi connectivity index (χ1v) is 12.6. The Hall–Kier alpha value is -2.34. The highest BCUT2D eigenvalue weighted by molar-refractivity contribution is 8.15. The monoisotopic (exact) mass is 478 g/mol. The summed E-state index contributed by atoms with van der Waals surface area (Å²) in [5, 5.41) is 3.06. The summed E-state index contributed by atoms with van der Waals surface area (Å²) >= 11 is 2.60. The van der Waals surface area contributed by atoms with Crippen molar-refractivity contribution in [2.45, 2.75) is 22.0 Å². The molecule has 1 aromatic carbocycles. The Kier molecular flexibility index (Phi) is 5.63. The third kappa shape index (κ3) is 3.65. The summed E-state index contributed by atoms with van der Waals surface area (Å²) in [5.74, 6) is -0.539. The summed E-state index contributed by atoms with van der Waals surface area (Å²) < 4.78 is 32.9. The molecule has 8 nitrogen and oxygen atoms in total. The van der Waals surface area contributed by atoms with Crippen LogP contribution >= 0.6 is 23.1 Å². The zero-order chi connectivity index (χ0) is 22.4. The molecule has 1 aliphatic heterocycles. The number of ether oxygens (including phenoxy) is 1. The van der Waals surface area contributed by atoms with Crippen LogP contribution in [0.15, 0.2) is 51.0 Å². The topological polar surface area (TPSA) is 118 Å². The van der Waals surface area contributed by atoms with Crippen LogP contribution in [0.5, 0.6) is 0 Å². The van der Waals surface area contributed by atoms with Gasteiger partial charge >= 0.3 is 0 Å². The number of nitrogens with zero attached hydrogens (tertiary/aromatic N) is 2. The van der Waals surface area contributed by atoms with E-state index in [0.717, 1.165) is 16.1 Å². The minimum absolute atomic E-state index is 0.252. The van der Waals surface area contributed by atoms with Gasteiger partial charge in [-0.2, -0.15) is 0 Å². The highest BCUT2D eigenvalue weighted by Crippen LogP contribution is 2.37. The molecule has 0 radical (unpaired) electrons. The molecule has 2 aromatic heterocycles. The van der Waals surface area contributed by atoms with E-state index in [1.807, 2.05) is 18.2 Å². The molecule has 31 heavy (non-hydrogen) atoms. The largest absolute Gasteiger partial charge is 0.367 e. The van der Waals surface area contributed by atoms with Crippen LogP contribution in [0, 0.1) is 0 Å². The van der Waals surface area contributed by atoms with Gasteiger partial charge in [0.1, 0.15) is 9.25 Å². The van der Waals surface area contributed by atoms with Crippen molar-refractivity contribution in [2.24, 2.45) is 10.7 Å². The summed E-state index contributed by atoms with van der Waals surface area (Å²) in [5.41, 5.74) is 6.39. The SMILES string of the molecule is COC(C)(C(N)=O)C1CN=C(c2cc3cccc(N(C)S(=O)(=O)c4cccs4)c3[nH]2)S1. The first-order valence-electron chi connectivity index (χ1n) is 9.39. The van der Waals surface area contributed by atoms with Gasteiger partial charge in [0.15, 0.2) is 5.60 Å². The van der Waals surface area contributed by atoms with Crippen molar-refractivity contribution in [2.75, 3.05) is 25.0 Å². The van der Waals surface area contributed by atoms with Crippen molar-refractivity contribution in [1.82, 2.24) is 4.98 Å². The average Bonchev–Trinajstić information content (AvgIpc) is 3.51. The number of thiophene rings is 1. The van der Waals surface area contributed by atoms with Gasteiger partial charge in [-0.3, -0.25) is 14.1 Å². The number of hydrogen-bond acceptors (Lipinski definition) is 7. The Bertz CT molecular complexity index is 1270. The smallest absolute Gasteiger partial charge is 0.273 e. The van der Waals surface area contributed by atoms with Gasteiger partial charge < -0.3 is 15.5 Å². The first kappa shape index (κ1) is 21.9. The molecule has 3 aromatic rings.